The van der Waals surface area contributed by atoms with Crippen LogP contribution in [0.4, 0.5) is 0 Å². The van der Waals surface area contributed by atoms with Crippen molar-refractivity contribution in [2.24, 2.45) is 17.3 Å². The standard InChI is InChI=1S/C23H42O4/c1-3-4-5-6-7-8-9-10-11-12-14-20(19(2)22(26)27)23(17-18-23)16-13-15-21(24)25/h19-20H,3-18H2,1-2H3,(H,24,25)(H,26,27). The van der Waals surface area contributed by atoms with Crippen molar-refractivity contribution in [1.82, 2.24) is 0 Å². The Balaban J connectivity index is 2.29. The number of hydrogen-bond acceptors (Lipinski definition) is 2. The van der Waals surface area contributed by atoms with Gasteiger partial charge >= 0.3 is 11.9 Å². The molecule has 0 amide bonds. The van der Waals surface area contributed by atoms with Crippen LogP contribution in [0.25, 0.3) is 0 Å². The molecule has 0 aromatic carbocycles. The van der Waals surface area contributed by atoms with Gasteiger partial charge in [0.25, 0.3) is 0 Å². The summed E-state index contributed by atoms with van der Waals surface area (Å²) in [6, 6.07) is 0. The number of rotatable bonds is 18. The molecule has 1 saturated carbocycles. The van der Waals surface area contributed by atoms with Gasteiger partial charge in [0, 0.05) is 6.42 Å². The lowest BCUT2D eigenvalue weighted by molar-refractivity contribution is -0.144. The smallest absolute Gasteiger partial charge is 0.306 e. The molecule has 1 aliphatic rings. The van der Waals surface area contributed by atoms with Gasteiger partial charge in [-0.05, 0) is 43.4 Å². The van der Waals surface area contributed by atoms with Crippen LogP contribution in [0.1, 0.15) is 117 Å². The van der Waals surface area contributed by atoms with Gasteiger partial charge in [0.15, 0.2) is 0 Å². The first-order valence-electron chi connectivity index (χ1n) is 11.4. The van der Waals surface area contributed by atoms with Crippen LogP contribution < -0.4 is 0 Å². The van der Waals surface area contributed by atoms with Crippen LogP contribution in [0.15, 0.2) is 0 Å². The Labute approximate surface area is 166 Å². The van der Waals surface area contributed by atoms with Gasteiger partial charge in [0.2, 0.25) is 0 Å². The van der Waals surface area contributed by atoms with Gasteiger partial charge in [-0.2, -0.15) is 0 Å². The predicted molar refractivity (Wildman–Crippen MR) is 110 cm³/mol. The molecule has 0 bridgehead atoms. The fraction of sp³-hybridized carbons (Fsp3) is 0.913. The molecule has 0 aromatic heterocycles. The molecule has 0 spiro atoms. The Morgan fingerprint density at radius 1 is 0.852 bits per heavy atom. The molecule has 0 radical (unpaired) electrons. The number of carboxylic acid groups (broad SMARTS) is 2. The lowest BCUT2D eigenvalue weighted by Gasteiger charge is -2.30. The van der Waals surface area contributed by atoms with Crippen LogP contribution in [0.3, 0.4) is 0 Å². The highest BCUT2D eigenvalue weighted by Gasteiger charge is 2.51. The summed E-state index contributed by atoms with van der Waals surface area (Å²) in [7, 11) is 0. The van der Waals surface area contributed by atoms with E-state index in [0.29, 0.717) is 6.42 Å². The number of aliphatic carboxylic acids is 2. The van der Waals surface area contributed by atoms with Gasteiger partial charge in [-0.15, -0.1) is 0 Å². The molecular weight excluding hydrogens is 340 g/mol. The highest BCUT2D eigenvalue weighted by molar-refractivity contribution is 5.70. The first kappa shape index (κ1) is 24.0. The van der Waals surface area contributed by atoms with Crippen molar-refractivity contribution >= 4 is 11.9 Å². The normalized spacial score (nSPS) is 17.4. The summed E-state index contributed by atoms with van der Waals surface area (Å²) < 4.78 is 0. The zero-order valence-electron chi connectivity index (χ0n) is 17.7. The van der Waals surface area contributed by atoms with E-state index >= 15 is 0 Å². The zero-order valence-corrected chi connectivity index (χ0v) is 17.7. The molecule has 4 nitrogen and oxygen atoms in total. The van der Waals surface area contributed by atoms with Crippen LogP contribution in [0.2, 0.25) is 0 Å². The maximum Gasteiger partial charge on any atom is 0.306 e. The van der Waals surface area contributed by atoms with Crippen LogP contribution >= 0.6 is 0 Å². The van der Waals surface area contributed by atoms with Crippen molar-refractivity contribution in [1.29, 1.82) is 0 Å². The maximum atomic E-state index is 11.6. The molecule has 0 aliphatic heterocycles. The summed E-state index contributed by atoms with van der Waals surface area (Å²) in [5.74, 6) is -1.56. The van der Waals surface area contributed by atoms with E-state index in [1.54, 1.807) is 0 Å². The number of carbonyl (C=O) groups is 2. The average molecular weight is 383 g/mol. The van der Waals surface area contributed by atoms with Crippen LogP contribution in [-0.4, -0.2) is 22.2 Å². The molecule has 27 heavy (non-hydrogen) atoms. The third-order valence-electron chi connectivity index (χ3n) is 6.61. The second-order valence-corrected chi connectivity index (χ2v) is 8.81. The summed E-state index contributed by atoms with van der Waals surface area (Å²) in [5.41, 5.74) is 0.104. The number of carboxylic acids is 2. The summed E-state index contributed by atoms with van der Waals surface area (Å²) in [6.07, 6.45) is 17.8. The topological polar surface area (TPSA) is 74.6 Å². The van der Waals surface area contributed by atoms with E-state index in [1.807, 2.05) is 6.92 Å². The first-order chi connectivity index (χ1) is 12.9. The van der Waals surface area contributed by atoms with Crippen LogP contribution in [-0.2, 0) is 9.59 Å². The van der Waals surface area contributed by atoms with Gasteiger partial charge in [-0.3, -0.25) is 9.59 Å². The zero-order chi connectivity index (χ0) is 20.1. The van der Waals surface area contributed by atoms with Crippen molar-refractivity contribution in [3.05, 3.63) is 0 Å². The van der Waals surface area contributed by atoms with E-state index in [4.69, 9.17) is 5.11 Å². The lowest BCUT2D eigenvalue weighted by Crippen LogP contribution is -2.29. The third-order valence-corrected chi connectivity index (χ3v) is 6.61. The highest BCUT2D eigenvalue weighted by atomic mass is 16.4. The Bertz CT molecular complexity index is 428. The summed E-state index contributed by atoms with van der Waals surface area (Å²) in [6.45, 7) is 4.09. The quantitative estimate of drug-likeness (QED) is 0.260. The SMILES string of the molecule is CCCCCCCCCCCCC(C(C)C(=O)O)C1(CCCC(=O)O)CC1. The fourth-order valence-corrected chi connectivity index (χ4v) is 4.67. The van der Waals surface area contributed by atoms with Gasteiger partial charge in [-0.25, -0.2) is 0 Å². The molecular formula is C23H42O4. The maximum absolute atomic E-state index is 11.6. The Morgan fingerprint density at radius 3 is 1.81 bits per heavy atom. The van der Waals surface area contributed by atoms with Gasteiger partial charge in [0.1, 0.15) is 0 Å². The van der Waals surface area contributed by atoms with Gasteiger partial charge < -0.3 is 10.2 Å². The Kier molecular flexibility index (Phi) is 11.7. The Morgan fingerprint density at radius 2 is 1.37 bits per heavy atom. The monoisotopic (exact) mass is 382 g/mol. The number of hydrogen-bond donors (Lipinski definition) is 2. The van der Waals surface area contributed by atoms with Gasteiger partial charge in [-0.1, -0.05) is 78.1 Å². The molecule has 2 unspecified atom stereocenters. The molecule has 2 atom stereocenters. The van der Waals surface area contributed by atoms with Crippen molar-refractivity contribution in [3.63, 3.8) is 0 Å². The van der Waals surface area contributed by atoms with E-state index < -0.39 is 11.9 Å². The largest absolute Gasteiger partial charge is 0.481 e. The van der Waals surface area contributed by atoms with Gasteiger partial charge in [0.05, 0.1) is 5.92 Å². The summed E-state index contributed by atoms with van der Waals surface area (Å²) >= 11 is 0. The molecule has 2 N–H and O–H groups in total. The lowest BCUT2D eigenvalue weighted by atomic mass is 9.74. The van der Waals surface area contributed by atoms with E-state index in [9.17, 15) is 14.7 Å². The minimum atomic E-state index is -0.747. The molecule has 0 saturated heterocycles. The molecule has 0 heterocycles. The molecule has 1 aliphatic carbocycles. The van der Waals surface area contributed by atoms with E-state index in [0.717, 1.165) is 32.1 Å². The van der Waals surface area contributed by atoms with Crippen molar-refractivity contribution in [2.45, 2.75) is 117 Å². The number of unbranched alkanes of at least 4 members (excludes halogenated alkanes) is 9. The van der Waals surface area contributed by atoms with E-state index in [2.05, 4.69) is 6.92 Å². The first-order valence-corrected chi connectivity index (χ1v) is 11.4. The average Bonchev–Trinajstić information content (AvgIpc) is 3.39. The molecule has 0 aromatic rings. The molecule has 1 fully saturated rings. The van der Waals surface area contributed by atoms with Crippen molar-refractivity contribution in [2.75, 3.05) is 0 Å². The Hall–Kier alpha value is -1.06. The third kappa shape index (κ3) is 9.62. The minimum Gasteiger partial charge on any atom is -0.481 e. The second-order valence-electron chi connectivity index (χ2n) is 8.81. The van der Waals surface area contributed by atoms with Crippen molar-refractivity contribution in [3.8, 4) is 0 Å². The predicted octanol–water partition coefficient (Wildman–Crippen LogP) is 6.67. The molecule has 4 heteroatoms. The van der Waals surface area contributed by atoms with E-state index in [-0.39, 0.29) is 23.7 Å². The van der Waals surface area contributed by atoms with Crippen LogP contribution in [0, 0.1) is 17.3 Å². The summed E-state index contributed by atoms with van der Waals surface area (Å²) in [5, 5.41) is 18.4. The van der Waals surface area contributed by atoms with Crippen LogP contribution in [0.5, 0.6) is 0 Å². The summed E-state index contributed by atoms with van der Waals surface area (Å²) in [4.78, 5) is 22.4. The van der Waals surface area contributed by atoms with E-state index in [1.165, 1.54) is 57.8 Å². The minimum absolute atomic E-state index is 0.104. The molecule has 158 valence electrons. The highest BCUT2D eigenvalue weighted by Crippen LogP contribution is 2.59. The fourth-order valence-electron chi connectivity index (χ4n) is 4.67. The second kappa shape index (κ2) is 13.2. The molecule has 1 rings (SSSR count). The van der Waals surface area contributed by atoms with Crippen molar-refractivity contribution < 1.29 is 19.8 Å².